The summed E-state index contributed by atoms with van der Waals surface area (Å²) in [7, 11) is 0.384. The highest BCUT2D eigenvalue weighted by molar-refractivity contribution is 6.48. The van der Waals surface area contributed by atoms with E-state index in [-0.39, 0.29) is 46.9 Å². The minimum Gasteiger partial charge on any atom is -0.493 e. The molecule has 8 nitrogen and oxygen atoms in total. The van der Waals surface area contributed by atoms with Crippen molar-refractivity contribution in [1.82, 2.24) is 4.90 Å². The lowest BCUT2D eigenvalue weighted by Crippen LogP contribution is -2.50. The maximum absolute atomic E-state index is 13.8. The Hall–Kier alpha value is -3.17. The first-order valence-corrected chi connectivity index (χ1v) is 14.3. The number of nitro benzene ring substituents is 1. The van der Waals surface area contributed by atoms with Crippen LogP contribution in [0.15, 0.2) is 54.6 Å². The van der Waals surface area contributed by atoms with E-state index in [4.69, 9.17) is 13.9 Å². The van der Waals surface area contributed by atoms with Crippen LogP contribution in [0.5, 0.6) is 11.5 Å². The standard InChI is InChI=1S/C27H35N2O6Si/c1-18-13-22(25(27(2,3)4)35-36(6)7)28(16-18)26(30)20-14-23(33-5)24(15-21(20)29(31)32)34-17-19-11-9-8-10-12-19/h8-12,14-15,22,25H,1,13,16-17H2,2-7H3/t22-,25?/m0/s1. The lowest BCUT2D eigenvalue weighted by atomic mass is 9.83. The second-order valence-corrected chi connectivity index (χ2v) is 12.4. The van der Waals surface area contributed by atoms with Gasteiger partial charge in [0.15, 0.2) is 11.5 Å². The van der Waals surface area contributed by atoms with E-state index in [2.05, 4.69) is 40.4 Å². The molecule has 1 amide bonds. The first-order chi connectivity index (χ1) is 16.9. The average molecular weight is 512 g/mol. The fourth-order valence-electron chi connectivity index (χ4n) is 4.44. The molecule has 2 atom stereocenters. The Balaban J connectivity index is 1.99. The summed E-state index contributed by atoms with van der Waals surface area (Å²) >= 11 is 0. The molecule has 1 aliphatic rings. The molecule has 1 heterocycles. The summed E-state index contributed by atoms with van der Waals surface area (Å²) in [5.74, 6) is 0.00914. The van der Waals surface area contributed by atoms with Crippen LogP contribution in [0.3, 0.4) is 0 Å². The number of nitro groups is 1. The van der Waals surface area contributed by atoms with Crippen molar-refractivity contribution < 1.29 is 23.6 Å². The number of nitrogens with zero attached hydrogens (tertiary/aromatic N) is 2. The van der Waals surface area contributed by atoms with E-state index in [1.807, 2.05) is 30.3 Å². The molecule has 3 rings (SSSR count). The molecule has 1 fully saturated rings. The van der Waals surface area contributed by atoms with Gasteiger partial charge < -0.3 is 18.8 Å². The van der Waals surface area contributed by atoms with Gasteiger partial charge in [0.05, 0.1) is 30.2 Å². The van der Waals surface area contributed by atoms with Gasteiger partial charge in [0, 0.05) is 12.6 Å². The van der Waals surface area contributed by atoms with Crippen molar-refractivity contribution in [3.05, 3.63) is 75.9 Å². The molecule has 0 N–H and O–H groups in total. The van der Waals surface area contributed by atoms with Crippen molar-refractivity contribution >= 4 is 20.6 Å². The molecular weight excluding hydrogens is 476 g/mol. The first kappa shape index (κ1) is 27.4. The zero-order valence-electron chi connectivity index (χ0n) is 21.9. The third kappa shape index (κ3) is 6.33. The van der Waals surface area contributed by atoms with Crippen LogP contribution in [-0.4, -0.2) is 50.6 Å². The third-order valence-corrected chi connectivity index (χ3v) is 6.79. The van der Waals surface area contributed by atoms with Gasteiger partial charge in [0.25, 0.3) is 11.6 Å². The van der Waals surface area contributed by atoms with E-state index in [9.17, 15) is 14.9 Å². The monoisotopic (exact) mass is 511 g/mol. The van der Waals surface area contributed by atoms with Gasteiger partial charge in [-0.1, -0.05) is 63.3 Å². The Morgan fingerprint density at radius 1 is 1.22 bits per heavy atom. The summed E-state index contributed by atoms with van der Waals surface area (Å²) < 4.78 is 17.7. The van der Waals surface area contributed by atoms with E-state index >= 15 is 0 Å². The molecule has 0 bridgehead atoms. The van der Waals surface area contributed by atoms with Crippen molar-refractivity contribution in [2.75, 3.05) is 13.7 Å². The minimum absolute atomic E-state index is 0.0465. The van der Waals surface area contributed by atoms with E-state index in [0.29, 0.717) is 13.0 Å². The van der Waals surface area contributed by atoms with E-state index in [1.165, 1.54) is 19.2 Å². The van der Waals surface area contributed by atoms with Crippen LogP contribution in [0.2, 0.25) is 13.1 Å². The number of methoxy groups -OCH3 is 1. The van der Waals surface area contributed by atoms with Crippen LogP contribution in [0.1, 0.15) is 43.1 Å². The second kappa shape index (κ2) is 11.3. The number of carbonyl (C=O) groups excluding carboxylic acids is 1. The van der Waals surface area contributed by atoms with Gasteiger partial charge in [-0.15, -0.1) is 0 Å². The Bertz CT molecular complexity index is 1110. The van der Waals surface area contributed by atoms with Crippen molar-refractivity contribution in [2.45, 2.75) is 59.0 Å². The fraction of sp³-hybridized carbons (Fsp3) is 0.444. The summed E-state index contributed by atoms with van der Waals surface area (Å²) in [6, 6.07) is 11.9. The molecule has 2 aromatic rings. The summed E-state index contributed by atoms with van der Waals surface area (Å²) in [4.78, 5) is 27.0. The SMILES string of the molecule is C=C1C[C@@H](C(O[Si](C)C)C(C)(C)C)N(C(=O)c2cc(OC)c(OCc3ccccc3)cc2[N+](=O)[O-])C1. The highest BCUT2D eigenvalue weighted by Crippen LogP contribution is 2.39. The third-order valence-electron chi connectivity index (χ3n) is 6.06. The summed E-state index contributed by atoms with van der Waals surface area (Å²) in [5.41, 5.74) is 1.18. The van der Waals surface area contributed by atoms with Crippen LogP contribution >= 0.6 is 0 Å². The number of carbonyl (C=O) groups is 1. The summed E-state index contributed by atoms with van der Waals surface area (Å²) in [6.45, 7) is 15.0. The van der Waals surface area contributed by atoms with Crippen molar-refractivity contribution in [2.24, 2.45) is 5.41 Å². The Labute approximate surface area is 214 Å². The molecule has 193 valence electrons. The number of rotatable bonds is 9. The number of hydrogen-bond donors (Lipinski definition) is 0. The van der Waals surface area contributed by atoms with Crippen LogP contribution in [0, 0.1) is 15.5 Å². The Morgan fingerprint density at radius 2 is 1.89 bits per heavy atom. The number of benzene rings is 2. The summed E-state index contributed by atoms with van der Waals surface area (Å²) in [6.07, 6.45) is 0.352. The summed E-state index contributed by atoms with van der Waals surface area (Å²) in [5, 5.41) is 12.1. The zero-order valence-corrected chi connectivity index (χ0v) is 22.9. The number of ether oxygens (including phenoxy) is 2. The predicted molar refractivity (Wildman–Crippen MR) is 141 cm³/mol. The molecule has 1 saturated heterocycles. The molecule has 2 aromatic carbocycles. The van der Waals surface area contributed by atoms with Gasteiger partial charge >= 0.3 is 0 Å². The second-order valence-electron chi connectivity index (χ2n) is 10.3. The molecule has 0 saturated carbocycles. The predicted octanol–water partition coefficient (Wildman–Crippen LogP) is 5.64. The number of hydrogen-bond acceptors (Lipinski definition) is 6. The zero-order chi connectivity index (χ0) is 26.6. The lowest BCUT2D eigenvalue weighted by molar-refractivity contribution is -0.385. The molecule has 0 spiro atoms. The van der Waals surface area contributed by atoms with Crippen molar-refractivity contribution in [1.29, 1.82) is 0 Å². The maximum Gasteiger partial charge on any atom is 0.286 e. The fourth-order valence-corrected chi connectivity index (χ4v) is 5.46. The normalized spacial score (nSPS) is 16.8. The van der Waals surface area contributed by atoms with Gasteiger partial charge in [-0.25, -0.2) is 0 Å². The minimum atomic E-state index is -1.06. The van der Waals surface area contributed by atoms with Crippen LogP contribution < -0.4 is 9.47 Å². The molecule has 1 radical (unpaired) electrons. The van der Waals surface area contributed by atoms with E-state index < -0.39 is 19.9 Å². The van der Waals surface area contributed by atoms with Crippen molar-refractivity contribution in [3.8, 4) is 11.5 Å². The van der Waals surface area contributed by atoms with Crippen LogP contribution in [-0.2, 0) is 11.0 Å². The molecule has 36 heavy (non-hydrogen) atoms. The highest BCUT2D eigenvalue weighted by atomic mass is 28.3. The molecule has 0 aliphatic carbocycles. The number of likely N-dealkylation sites (tertiary alicyclic amines) is 1. The van der Waals surface area contributed by atoms with E-state index in [0.717, 1.165) is 11.1 Å². The van der Waals surface area contributed by atoms with Gasteiger partial charge in [0.1, 0.15) is 12.2 Å². The smallest absolute Gasteiger partial charge is 0.286 e. The molecule has 1 unspecified atom stereocenters. The van der Waals surface area contributed by atoms with E-state index in [1.54, 1.807) is 4.90 Å². The quantitative estimate of drug-likeness (QED) is 0.187. The van der Waals surface area contributed by atoms with Gasteiger partial charge in [-0.3, -0.25) is 14.9 Å². The molecule has 9 heteroatoms. The molecular formula is C27H35N2O6Si. The van der Waals surface area contributed by atoms with Crippen LogP contribution in [0.4, 0.5) is 5.69 Å². The first-order valence-electron chi connectivity index (χ1n) is 11.9. The maximum atomic E-state index is 13.8. The molecule has 0 aromatic heterocycles. The topological polar surface area (TPSA) is 91.1 Å². The largest absolute Gasteiger partial charge is 0.493 e. The van der Waals surface area contributed by atoms with Gasteiger partial charge in [0.2, 0.25) is 9.04 Å². The van der Waals surface area contributed by atoms with Crippen molar-refractivity contribution in [3.63, 3.8) is 0 Å². The van der Waals surface area contributed by atoms with Gasteiger partial charge in [-0.05, 0) is 30.5 Å². The van der Waals surface area contributed by atoms with Gasteiger partial charge in [-0.2, -0.15) is 0 Å². The Kier molecular flexibility index (Phi) is 8.57. The number of amides is 1. The average Bonchev–Trinajstić information content (AvgIpc) is 3.20. The Morgan fingerprint density at radius 3 is 2.44 bits per heavy atom. The highest BCUT2D eigenvalue weighted by Gasteiger charge is 2.44. The molecule has 1 aliphatic heterocycles. The lowest BCUT2D eigenvalue weighted by Gasteiger charge is -2.40. The van der Waals surface area contributed by atoms with Crippen LogP contribution in [0.25, 0.3) is 0 Å².